The van der Waals surface area contributed by atoms with Crippen LogP contribution in [0.5, 0.6) is 0 Å². The van der Waals surface area contributed by atoms with Crippen molar-refractivity contribution in [1.29, 1.82) is 0 Å². The van der Waals surface area contributed by atoms with Crippen LogP contribution in [0.15, 0.2) is 18.2 Å². The fourth-order valence-electron chi connectivity index (χ4n) is 1.81. The van der Waals surface area contributed by atoms with Crippen LogP contribution in [0.25, 0.3) is 0 Å². The third-order valence-corrected chi connectivity index (χ3v) is 3.27. The Morgan fingerprint density at radius 1 is 1.30 bits per heavy atom. The number of alkyl carbamates (subject to hydrolysis) is 1. The van der Waals surface area contributed by atoms with E-state index in [2.05, 4.69) is 5.32 Å². The molecule has 0 aromatic heterocycles. The summed E-state index contributed by atoms with van der Waals surface area (Å²) in [6.45, 7) is 6.35. The number of aliphatic hydroxyl groups is 2. The van der Waals surface area contributed by atoms with Gasteiger partial charge in [-0.15, -0.1) is 0 Å². The topological polar surface area (TPSA) is 95.9 Å². The molecule has 0 saturated heterocycles. The van der Waals surface area contributed by atoms with Crippen LogP contribution >= 0.6 is 11.6 Å². The van der Waals surface area contributed by atoms with Crippen molar-refractivity contribution in [2.24, 2.45) is 0 Å². The molecule has 0 radical (unpaired) electrons. The lowest BCUT2D eigenvalue weighted by Crippen LogP contribution is -2.38. The van der Waals surface area contributed by atoms with Gasteiger partial charge in [-0.2, -0.15) is 0 Å². The van der Waals surface area contributed by atoms with E-state index in [1.807, 2.05) is 0 Å². The first-order valence-corrected chi connectivity index (χ1v) is 7.52. The number of carbonyl (C=O) groups excluding carboxylic acids is 2. The first-order chi connectivity index (χ1) is 10.5. The summed E-state index contributed by atoms with van der Waals surface area (Å²) in [4.78, 5) is 22.8. The number of hydrogen-bond acceptors (Lipinski definition) is 5. The maximum absolute atomic E-state index is 11.5. The van der Waals surface area contributed by atoms with Gasteiger partial charge in [0.05, 0.1) is 0 Å². The number of Topliss-reactive ketones (excluding diaryl/α,β-unsaturated/α-hetero) is 1. The molecule has 1 amide bonds. The molecule has 0 bridgehead atoms. The molecule has 0 spiro atoms. The van der Waals surface area contributed by atoms with E-state index in [1.54, 1.807) is 20.8 Å². The monoisotopic (exact) mass is 343 g/mol. The third kappa shape index (κ3) is 6.17. The van der Waals surface area contributed by atoms with Gasteiger partial charge in [-0.3, -0.25) is 4.79 Å². The highest BCUT2D eigenvalue weighted by Crippen LogP contribution is 2.26. The van der Waals surface area contributed by atoms with Crippen molar-refractivity contribution in [3.63, 3.8) is 0 Å². The molecule has 2 atom stereocenters. The van der Waals surface area contributed by atoms with Gasteiger partial charge in [-0.05, 0) is 33.8 Å². The van der Waals surface area contributed by atoms with Gasteiger partial charge in [-0.1, -0.05) is 23.7 Å². The number of amides is 1. The Hall–Kier alpha value is -1.63. The molecule has 23 heavy (non-hydrogen) atoms. The molecular formula is C16H22ClNO5. The predicted octanol–water partition coefficient (Wildman–Crippen LogP) is 2.46. The Morgan fingerprint density at radius 2 is 1.91 bits per heavy atom. The molecule has 0 aliphatic carbocycles. The molecule has 128 valence electrons. The molecule has 1 aromatic rings. The number of rotatable bonds is 5. The molecule has 1 aromatic carbocycles. The number of aliphatic hydroxyl groups excluding tert-OH is 2. The Bertz CT molecular complexity index is 582. The van der Waals surface area contributed by atoms with Crippen molar-refractivity contribution < 1.29 is 24.5 Å². The molecule has 2 unspecified atom stereocenters. The molecule has 3 N–H and O–H groups in total. The molecular weight excluding hydrogens is 322 g/mol. The molecule has 7 heteroatoms. The van der Waals surface area contributed by atoms with Crippen LogP contribution in [0.3, 0.4) is 0 Å². The summed E-state index contributed by atoms with van der Waals surface area (Å²) in [5.41, 5.74) is 0.0296. The normalized spacial score (nSPS) is 14.0. The number of carbonyl (C=O) groups is 2. The van der Waals surface area contributed by atoms with Crippen LogP contribution in [0.2, 0.25) is 5.02 Å². The van der Waals surface area contributed by atoms with E-state index in [4.69, 9.17) is 16.3 Å². The highest BCUT2D eigenvalue weighted by Gasteiger charge is 2.23. The van der Waals surface area contributed by atoms with E-state index in [-0.39, 0.29) is 22.9 Å². The van der Waals surface area contributed by atoms with Gasteiger partial charge >= 0.3 is 6.09 Å². The lowest BCUT2D eigenvalue weighted by Gasteiger charge is -2.22. The number of benzene rings is 1. The van der Waals surface area contributed by atoms with Gasteiger partial charge in [-0.25, -0.2) is 4.79 Å². The summed E-state index contributed by atoms with van der Waals surface area (Å²) >= 11 is 6.03. The van der Waals surface area contributed by atoms with Crippen LogP contribution in [-0.2, 0) is 4.74 Å². The molecule has 0 heterocycles. The number of halogens is 1. The van der Waals surface area contributed by atoms with Crippen LogP contribution in [-0.4, -0.2) is 40.3 Å². The average Bonchev–Trinajstić information content (AvgIpc) is 2.41. The summed E-state index contributed by atoms with van der Waals surface area (Å²) in [5.74, 6) is -0.153. The fourth-order valence-corrected chi connectivity index (χ4v) is 2.10. The Morgan fingerprint density at radius 3 is 2.39 bits per heavy atom. The summed E-state index contributed by atoms with van der Waals surface area (Å²) in [6.07, 6.45) is -3.27. The SMILES string of the molecule is CC(=O)c1ccc(C(O)C(O)CNC(=O)OC(C)(C)C)c(Cl)c1. The predicted molar refractivity (Wildman–Crippen MR) is 86.7 cm³/mol. The van der Waals surface area contributed by atoms with Gasteiger partial charge in [0.25, 0.3) is 0 Å². The van der Waals surface area contributed by atoms with E-state index < -0.39 is 23.9 Å². The number of ketones is 1. The zero-order valence-electron chi connectivity index (χ0n) is 13.6. The van der Waals surface area contributed by atoms with Crippen molar-refractivity contribution in [2.45, 2.75) is 45.5 Å². The Balaban J connectivity index is 2.68. The van der Waals surface area contributed by atoms with Gasteiger partial charge in [0.1, 0.15) is 17.8 Å². The van der Waals surface area contributed by atoms with E-state index in [1.165, 1.54) is 25.1 Å². The second kappa shape index (κ2) is 7.77. The quantitative estimate of drug-likeness (QED) is 0.714. The maximum Gasteiger partial charge on any atom is 0.407 e. The van der Waals surface area contributed by atoms with Crippen molar-refractivity contribution in [3.05, 3.63) is 34.3 Å². The molecule has 6 nitrogen and oxygen atoms in total. The first kappa shape index (κ1) is 19.4. The van der Waals surface area contributed by atoms with Crippen LogP contribution in [0, 0.1) is 0 Å². The molecule has 0 fully saturated rings. The van der Waals surface area contributed by atoms with Gasteiger partial charge in [0.15, 0.2) is 5.78 Å². The molecule has 0 aliphatic rings. The average molecular weight is 344 g/mol. The van der Waals surface area contributed by atoms with Crippen molar-refractivity contribution in [3.8, 4) is 0 Å². The van der Waals surface area contributed by atoms with Gasteiger partial charge in [0, 0.05) is 22.7 Å². The van der Waals surface area contributed by atoms with Gasteiger partial charge < -0.3 is 20.3 Å². The van der Waals surface area contributed by atoms with Crippen molar-refractivity contribution in [1.82, 2.24) is 5.32 Å². The first-order valence-electron chi connectivity index (χ1n) is 7.14. The largest absolute Gasteiger partial charge is 0.444 e. The minimum absolute atomic E-state index is 0.153. The molecule has 0 saturated carbocycles. The molecule has 1 rings (SSSR count). The van der Waals surface area contributed by atoms with Crippen LogP contribution in [0.1, 0.15) is 49.7 Å². The fraction of sp³-hybridized carbons (Fsp3) is 0.500. The summed E-state index contributed by atoms with van der Waals surface area (Å²) in [6, 6.07) is 4.41. The van der Waals surface area contributed by atoms with E-state index >= 15 is 0 Å². The number of ether oxygens (including phenoxy) is 1. The lowest BCUT2D eigenvalue weighted by molar-refractivity contribution is 0.0130. The third-order valence-electron chi connectivity index (χ3n) is 2.94. The van der Waals surface area contributed by atoms with E-state index in [9.17, 15) is 19.8 Å². The van der Waals surface area contributed by atoms with E-state index in [0.717, 1.165) is 0 Å². The lowest BCUT2D eigenvalue weighted by atomic mass is 10.0. The molecule has 0 aliphatic heterocycles. The highest BCUT2D eigenvalue weighted by atomic mass is 35.5. The van der Waals surface area contributed by atoms with Crippen molar-refractivity contribution in [2.75, 3.05) is 6.54 Å². The van der Waals surface area contributed by atoms with Gasteiger partial charge in [0.2, 0.25) is 0 Å². The minimum atomic E-state index is -1.31. The minimum Gasteiger partial charge on any atom is -0.444 e. The number of hydrogen-bond donors (Lipinski definition) is 3. The summed E-state index contributed by atoms with van der Waals surface area (Å²) in [5, 5.41) is 22.6. The number of nitrogens with one attached hydrogen (secondary N) is 1. The summed E-state index contributed by atoms with van der Waals surface area (Å²) < 4.78 is 5.03. The summed E-state index contributed by atoms with van der Waals surface area (Å²) in [7, 11) is 0. The van der Waals surface area contributed by atoms with Crippen molar-refractivity contribution >= 4 is 23.5 Å². The Kier molecular flexibility index (Phi) is 6.56. The second-order valence-electron chi connectivity index (χ2n) is 6.19. The second-order valence-corrected chi connectivity index (χ2v) is 6.59. The maximum atomic E-state index is 11.5. The van der Waals surface area contributed by atoms with E-state index in [0.29, 0.717) is 5.56 Å². The smallest absolute Gasteiger partial charge is 0.407 e. The zero-order valence-corrected chi connectivity index (χ0v) is 14.3. The zero-order chi connectivity index (χ0) is 17.8. The standard InChI is InChI=1S/C16H22ClNO5/c1-9(19)10-5-6-11(12(17)7-10)14(21)13(20)8-18-15(22)23-16(2,3)4/h5-7,13-14,20-21H,8H2,1-4H3,(H,18,22). The van der Waals surface area contributed by atoms with Crippen LogP contribution in [0.4, 0.5) is 4.79 Å². The Labute approximate surface area is 140 Å². The highest BCUT2D eigenvalue weighted by molar-refractivity contribution is 6.31. The van der Waals surface area contributed by atoms with Crippen LogP contribution < -0.4 is 5.32 Å².